The van der Waals surface area contributed by atoms with E-state index in [9.17, 15) is 0 Å². The molecule has 0 saturated carbocycles. The highest BCUT2D eigenvalue weighted by Crippen LogP contribution is 2.33. The van der Waals surface area contributed by atoms with Crippen LogP contribution in [0.4, 0.5) is 0 Å². The fourth-order valence-corrected chi connectivity index (χ4v) is 3.15. The van der Waals surface area contributed by atoms with Crippen LogP contribution < -0.4 is 20.1 Å². The molecule has 1 heterocycles. The molecular formula is C19H25N3O2S. The third-order valence-electron chi connectivity index (χ3n) is 3.67. The zero-order valence-electron chi connectivity index (χ0n) is 15.0. The highest BCUT2D eigenvalue weighted by molar-refractivity contribution is 7.09. The smallest absolute Gasteiger partial charge is 0.191 e. The van der Waals surface area contributed by atoms with Gasteiger partial charge in [-0.05, 0) is 35.6 Å². The molecule has 0 atom stereocenters. The summed E-state index contributed by atoms with van der Waals surface area (Å²) in [4.78, 5) is 5.53. The van der Waals surface area contributed by atoms with Crippen molar-refractivity contribution in [1.29, 1.82) is 0 Å². The zero-order chi connectivity index (χ0) is 18.1. The fraction of sp³-hybridized carbons (Fsp3) is 0.316. The van der Waals surface area contributed by atoms with Gasteiger partial charge in [0.2, 0.25) is 0 Å². The van der Waals surface area contributed by atoms with E-state index in [1.807, 2.05) is 18.2 Å². The van der Waals surface area contributed by atoms with Crippen LogP contribution in [0.1, 0.15) is 16.0 Å². The number of allylic oxidation sites excluding steroid dienone is 1. The molecular weight excluding hydrogens is 334 g/mol. The van der Waals surface area contributed by atoms with Gasteiger partial charge >= 0.3 is 0 Å². The van der Waals surface area contributed by atoms with Crippen molar-refractivity contribution in [3.05, 3.63) is 58.3 Å². The Labute approximate surface area is 153 Å². The predicted octanol–water partition coefficient (Wildman–Crippen LogP) is 3.36. The predicted molar refractivity (Wildman–Crippen MR) is 105 cm³/mol. The van der Waals surface area contributed by atoms with Gasteiger partial charge < -0.3 is 20.1 Å². The minimum Gasteiger partial charge on any atom is -0.493 e. The van der Waals surface area contributed by atoms with Gasteiger partial charge in [-0.2, -0.15) is 0 Å². The molecule has 1 aromatic heterocycles. The normalized spacial score (nSPS) is 11.1. The van der Waals surface area contributed by atoms with E-state index < -0.39 is 0 Å². The first-order valence-corrected chi connectivity index (χ1v) is 8.91. The minimum absolute atomic E-state index is 0.634. The average molecular weight is 359 g/mol. The minimum atomic E-state index is 0.634. The SMILES string of the molecule is C=CCc1cc(CNC(=NC)NCc2cccs2)cc(OC)c1OC. The quantitative estimate of drug-likeness (QED) is 0.431. The van der Waals surface area contributed by atoms with Crippen LogP contribution in [0.25, 0.3) is 0 Å². The molecule has 1 aromatic carbocycles. The first-order chi connectivity index (χ1) is 12.2. The van der Waals surface area contributed by atoms with E-state index in [0.29, 0.717) is 6.54 Å². The van der Waals surface area contributed by atoms with Crippen LogP contribution in [0.15, 0.2) is 47.3 Å². The first kappa shape index (κ1) is 18.9. The zero-order valence-corrected chi connectivity index (χ0v) is 15.8. The molecule has 0 radical (unpaired) electrons. The number of methoxy groups -OCH3 is 2. The Bertz CT molecular complexity index is 712. The molecule has 134 valence electrons. The van der Waals surface area contributed by atoms with Gasteiger partial charge in [-0.15, -0.1) is 17.9 Å². The topological polar surface area (TPSA) is 54.9 Å². The van der Waals surface area contributed by atoms with Gasteiger partial charge in [-0.3, -0.25) is 4.99 Å². The van der Waals surface area contributed by atoms with Gasteiger partial charge in [0.25, 0.3) is 0 Å². The molecule has 0 bridgehead atoms. The Morgan fingerprint density at radius 1 is 1.24 bits per heavy atom. The number of aliphatic imine (C=N–C) groups is 1. The third kappa shape index (κ3) is 5.26. The molecule has 0 saturated heterocycles. The van der Waals surface area contributed by atoms with Gasteiger partial charge in [-0.1, -0.05) is 12.1 Å². The third-order valence-corrected chi connectivity index (χ3v) is 4.55. The van der Waals surface area contributed by atoms with Crippen molar-refractivity contribution < 1.29 is 9.47 Å². The van der Waals surface area contributed by atoms with Gasteiger partial charge in [0, 0.05) is 24.0 Å². The number of hydrogen-bond acceptors (Lipinski definition) is 4. The Balaban J connectivity index is 2.05. The average Bonchev–Trinajstić information content (AvgIpc) is 3.15. The number of thiophene rings is 1. The summed E-state index contributed by atoms with van der Waals surface area (Å²) in [5.74, 6) is 2.24. The summed E-state index contributed by atoms with van der Waals surface area (Å²) in [7, 11) is 5.06. The highest BCUT2D eigenvalue weighted by atomic mass is 32.1. The van der Waals surface area contributed by atoms with E-state index in [1.165, 1.54) is 4.88 Å². The Morgan fingerprint density at radius 3 is 2.64 bits per heavy atom. The van der Waals surface area contributed by atoms with Crippen molar-refractivity contribution in [2.75, 3.05) is 21.3 Å². The number of benzene rings is 1. The lowest BCUT2D eigenvalue weighted by Crippen LogP contribution is -2.36. The molecule has 2 rings (SSSR count). The number of guanidine groups is 1. The lowest BCUT2D eigenvalue weighted by Gasteiger charge is -2.16. The Hall–Kier alpha value is -2.47. The van der Waals surface area contributed by atoms with Crippen LogP contribution in [0.2, 0.25) is 0 Å². The summed E-state index contributed by atoms with van der Waals surface area (Å²) >= 11 is 1.72. The standard InChI is InChI=1S/C19H25N3O2S/c1-5-7-15-10-14(11-17(23-3)18(15)24-4)12-21-19(20-2)22-13-16-8-6-9-25-16/h5-6,8-11H,1,7,12-13H2,2-4H3,(H2,20,21,22). The maximum absolute atomic E-state index is 5.47. The highest BCUT2D eigenvalue weighted by Gasteiger charge is 2.12. The molecule has 0 aliphatic heterocycles. The summed E-state index contributed by atoms with van der Waals surface area (Å²) in [6.07, 6.45) is 2.58. The van der Waals surface area contributed by atoms with E-state index >= 15 is 0 Å². The number of nitrogens with zero attached hydrogens (tertiary/aromatic N) is 1. The second kappa shape index (κ2) is 9.74. The van der Waals surface area contributed by atoms with E-state index in [0.717, 1.165) is 41.6 Å². The largest absolute Gasteiger partial charge is 0.493 e. The lowest BCUT2D eigenvalue weighted by molar-refractivity contribution is 0.352. The summed E-state index contributed by atoms with van der Waals surface area (Å²) in [6, 6.07) is 8.22. The van der Waals surface area contributed by atoms with E-state index in [4.69, 9.17) is 9.47 Å². The molecule has 0 spiro atoms. The van der Waals surface area contributed by atoms with Crippen LogP contribution in [0.5, 0.6) is 11.5 Å². The molecule has 0 amide bonds. The second-order valence-corrected chi connectivity index (χ2v) is 6.37. The second-order valence-electron chi connectivity index (χ2n) is 5.34. The van der Waals surface area contributed by atoms with Crippen LogP contribution in [-0.2, 0) is 19.5 Å². The molecule has 0 aliphatic carbocycles. The molecule has 6 heteroatoms. The van der Waals surface area contributed by atoms with Gasteiger partial charge in [-0.25, -0.2) is 0 Å². The maximum atomic E-state index is 5.47. The molecule has 0 fully saturated rings. The fourth-order valence-electron chi connectivity index (χ4n) is 2.51. The van der Waals surface area contributed by atoms with Gasteiger partial charge in [0.15, 0.2) is 17.5 Å². The molecule has 5 nitrogen and oxygen atoms in total. The van der Waals surface area contributed by atoms with E-state index in [-0.39, 0.29) is 0 Å². The van der Waals surface area contributed by atoms with Crippen molar-refractivity contribution >= 4 is 17.3 Å². The van der Waals surface area contributed by atoms with Crippen molar-refractivity contribution in [2.45, 2.75) is 19.5 Å². The Morgan fingerprint density at radius 2 is 2.04 bits per heavy atom. The van der Waals surface area contributed by atoms with Crippen LogP contribution in [0, 0.1) is 0 Å². The number of rotatable bonds is 8. The van der Waals surface area contributed by atoms with Crippen LogP contribution >= 0.6 is 11.3 Å². The summed E-state index contributed by atoms with van der Waals surface area (Å²) in [5, 5.41) is 8.71. The molecule has 0 aliphatic rings. The van der Waals surface area contributed by atoms with Crippen LogP contribution in [-0.4, -0.2) is 27.2 Å². The van der Waals surface area contributed by atoms with E-state index in [2.05, 4.69) is 39.7 Å². The molecule has 2 N–H and O–H groups in total. The van der Waals surface area contributed by atoms with Gasteiger partial charge in [0.05, 0.1) is 20.8 Å². The lowest BCUT2D eigenvalue weighted by atomic mass is 10.1. The van der Waals surface area contributed by atoms with Crippen molar-refractivity contribution in [2.24, 2.45) is 4.99 Å². The van der Waals surface area contributed by atoms with Crippen molar-refractivity contribution in [3.63, 3.8) is 0 Å². The van der Waals surface area contributed by atoms with E-state index in [1.54, 1.807) is 32.6 Å². The monoisotopic (exact) mass is 359 g/mol. The summed E-state index contributed by atoms with van der Waals surface area (Å²) < 4.78 is 10.9. The summed E-state index contributed by atoms with van der Waals surface area (Å²) in [5.41, 5.74) is 2.14. The first-order valence-electron chi connectivity index (χ1n) is 8.03. The molecule has 0 unspecified atom stereocenters. The Kier molecular flexibility index (Phi) is 7.35. The summed E-state index contributed by atoms with van der Waals surface area (Å²) in [6.45, 7) is 5.20. The maximum Gasteiger partial charge on any atom is 0.191 e. The number of nitrogens with one attached hydrogen (secondary N) is 2. The van der Waals surface area contributed by atoms with Gasteiger partial charge in [0.1, 0.15) is 0 Å². The van der Waals surface area contributed by atoms with Crippen molar-refractivity contribution in [3.8, 4) is 11.5 Å². The van der Waals surface area contributed by atoms with Crippen LogP contribution in [0.3, 0.4) is 0 Å². The molecule has 2 aromatic rings. The van der Waals surface area contributed by atoms with Crippen molar-refractivity contribution in [1.82, 2.24) is 10.6 Å². The number of ether oxygens (including phenoxy) is 2. The molecule has 25 heavy (non-hydrogen) atoms. The number of hydrogen-bond donors (Lipinski definition) is 2.